The fourth-order valence-electron chi connectivity index (χ4n) is 9.05. The van der Waals surface area contributed by atoms with Gasteiger partial charge in [0.05, 0.1) is 41.8 Å². The molecule has 15 heteroatoms. The smallest absolute Gasteiger partial charge is 0.421 e. The second kappa shape index (κ2) is 17.3. The summed E-state index contributed by atoms with van der Waals surface area (Å²) in [6, 6.07) is 31.6. The quantitative estimate of drug-likeness (QED) is 0.0680. The largest absolute Gasteiger partial charge is 0.491 e. The lowest BCUT2D eigenvalue weighted by atomic mass is 9.65. The minimum atomic E-state index is -2.11. The number of nitrogens with two attached hydrogens (primary N) is 1. The molecular weight excluding hydrogens is 797 g/mol. The number of nitrogens with zero attached hydrogens (tertiary/aromatic N) is 3. The summed E-state index contributed by atoms with van der Waals surface area (Å²) in [5.74, 6) is 1.91. The summed E-state index contributed by atoms with van der Waals surface area (Å²) in [5, 5.41) is 30.2. The maximum absolute atomic E-state index is 15.9. The molecule has 0 aliphatic carbocycles. The zero-order chi connectivity index (χ0) is 43.5. The Kier molecular flexibility index (Phi) is 11.5. The van der Waals surface area contributed by atoms with Crippen LogP contribution in [-0.2, 0) is 35.9 Å². The van der Waals surface area contributed by atoms with Gasteiger partial charge in [0.2, 0.25) is 11.8 Å². The predicted molar refractivity (Wildman–Crippen MR) is 222 cm³/mol. The molecule has 1 spiro atoms. The molecule has 0 bridgehead atoms. The zero-order valence-electron chi connectivity index (χ0n) is 33.0. The lowest BCUT2D eigenvalue weighted by Crippen LogP contribution is -2.55. The van der Waals surface area contributed by atoms with Gasteiger partial charge in [-0.15, -0.1) is 0 Å². The minimum absolute atomic E-state index is 0.00817. The summed E-state index contributed by atoms with van der Waals surface area (Å²) in [5.41, 5.74) is 6.93. The Morgan fingerprint density at radius 1 is 0.839 bits per heavy atom. The molecule has 2 saturated heterocycles. The molecule has 62 heavy (non-hydrogen) atoms. The number of esters is 1. The number of anilines is 1. The lowest BCUT2D eigenvalue weighted by Gasteiger charge is -2.46. The first-order chi connectivity index (χ1) is 30.1. The summed E-state index contributed by atoms with van der Waals surface area (Å²) >= 11 is 0. The van der Waals surface area contributed by atoms with Gasteiger partial charge in [-0.1, -0.05) is 84.6 Å². The number of primary amides is 1. The van der Waals surface area contributed by atoms with Crippen molar-refractivity contribution in [2.45, 2.75) is 42.7 Å². The zero-order valence-corrected chi connectivity index (χ0v) is 33.0. The van der Waals surface area contributed by atoms with Crippen LogP contribution in [0.5, 0.6) is 5.75 Å². The number of imide groups is 1. The number of amides is 3. The average Bonchev–Trinajstić information content (AvgIpc) is 3.75. The third-order valence-corrected chi connectivity index (χ3v) is 11.5. The number of nitro groups is 1. The van der Waals surface area contributed by atoms with Gasteiger partial charge in [-0.05, 0) is 70.3 Å². The van der Waals surface area contributed by atoms with E-state index in [2.05, 4.69) is 11.8 Å². The van der Waals surface area contributed by atoms with Crippen LogP contribution in [0.3, 0.4) is 0 Å². The van der Waals surface area contributed by atoms with Gasteiger partial charge in [-0.3, -0.25) is 29.4 Å². The van der Waals surface area contributed by atoms with Crippen LogP contribution in [0.2, 0.25) is 0 Å². The number of carbonyl (C=O) groups is 4. The van der Waals surface area contributed by atoms with Gasteiger partial charge >= 0.3 is 12.1 Å². The molecule has 0 aromatic heterocycles. The first-order valence-corrected chi connectivity index (χ1v) is 19.8. The fourth-order valence-corrected chi connectivity index (χ4v) is 9.05. The maximum atomic E-state index is 15.9. The number of hydrogen-bond donors (Lipinski definition) is 3. The van der Waals surface area contributed by atoms with E-state index in [1.165, 1.54) is 30.3 Å². The van der Waals surface area contributed by atoms with Crippen molar-refractivity contribution in [1.82, 2.24) is 4.90 Å². The van der Waals surface area contributed by atoms with Gasteiger partial charge < -0.3 is 30.2 Å². The maximum Gasteiger partial charge on any atom is 0.421 e. The number of benzene rings is 5. The Balaban J connectivity index is 1.37. The van der Waals surface area contributed by atoms with Gasteiger partial charge in [0, 0.05) is 24.1 Å². The molecule has 2 fully saturated rings. The normalized spacial score (nSPS) is 22.5. The Hall–Kier alpha value is -7.38. The van der Waals surface area contributed by atoms with Crippen molar-refractivity contribution >= 4 is 35.3 Å². The molecule has 3 aliphatic heterocycles. The summed E-state index contributed by atoms with van der Waals surface area (Å²) in [6.45, 7) is -0.813. The SMILES string of the molecule is NC(=O)[C@H]1[C@@H]2C(=O)O[C@@H](c3ccccc3)[C@@H](c3ccccc3)N2[C@@H](c2ccc(OCCO)cc2)[C@]12C(=O)N(C(=O)OCc1ccc([N+](=O)[O-])cc1)c1ccc(C#CCCO)cc12. The minimum Gasteiger partial charge on any atom is -0.491 e. The Labute approximate surface area is 355 Å². The number of ether oxygens (including phenoxy) is 3. The summed E-state index contributed by atoms with van der Waals surface area (Å²) in [7, 11) is 0. The number of nitro benzene ring substituents is 1. The molecule has 314 valence electrons. The van der Waals surface area contributed by atoms with Crippen LogP contribution in [0, 0.1) is 27.9 Å². The van der Waals surface area contributed by atoms with Crippen LogP contribution < -0.4 is 15.4 Å². The standard InChI is InChI=1S/C47H40N4O11/c48-43(54)38-40-44(55)62-41(32-12-5-2-6-13-32)39(31-10-3-1-4-11-31)50(40)42(33-17-21-35(22-18-33)60-26-25-53)47(38)36-27-29(9-7-8-24-52)16-23-37(36)49(45(47)56)46(57)61-28-30-14-19-34(20-15-30)51(58)59/h1-6,10-23,27,38-42,52-53H,8,24-26,28H2,(H2,48,54)/t38-,39-,40-,41+,42+,47-/m1/s1. The van der Waals surface area contributed by atoms with Crippen molar-refractivity contribution < 1.29 is 48.5 Å². The molecule has 0 radical (unpaired) electrons. The molecule has 3 aliphatic rings. The second-order valence-corrected chi connectivity index (χ2v) is 14.9. The predicted octanol–water partition coefficient (Wildman–Crippen LogP) is 5.19. The molecule has 0 saturated carbocycles. The van der Waals surface area contributed by atoms with Crippen molar-refractivity contribution in [3.8, 4) is 17.6 Å². The van der Waals surface area contributed by atoms with E-state index in [-0.39, 0.29) is 49.8 Å². The topological polar surface area (TPSA) is 212 Å². The van der Waals surface area contributed by atoms with Crippen LogP contribution in [0.15, 0.2) is 127 Å². The van der Waals surface area contributed by atoms with Gasteiger partial charge in [0.1, 0.15) is 36.5 Å². The number of aliphatic hydroxyl groups excluding tert-OH is 2. The third-order valence-electron chi connectivity index (χ3n) is 11.5. The van der Waals surface area contributed by atoms with Crippen molar-refractivity contribution in [2.75, 3.05) is 24.7 Å². The number of non-ortho nitro benzene ring substituents is 1. The van der Waals surface area contributed by atoms with E-state index in [0.717, 1.165) is 4.90 Å². The van der Waals surface area contributed by atoms with Crippen molar-refractivity contribution in [3.05, 3.63) is 171 Å². The first kappa shape index (κ1) is 41.4. The molecule has 15 nitrogen and oxygen atoms in total. The van der Waals surface area contributed by atoms with E-state index < -0.39 is 64.4 Å². The summed E-state index contributed by atoms with van der Waals surface area (Å²) in [4.78, 5) is 72.9. The van der Waals surface area contributed by atoms with E-state index >= 15 is 4.79 Å². The average molecular weight is 837 g/mol. The number of morpholine rings is 1. The Morgan fingerprint density at radius 2 is 1.52 bits per heavy atom. The number of cyclic esters (lactones) is 1. The Morgan fingerprint density at radius 3 is 2.15 bits per heavy atom. The third kappa shape index (κ3) is 7.19. The van der Waals surface area contributed by atoms with Gasteiger partial charge in [0.15, 0.2) is 0 Å². The highest BCUT2D eigenvalue weighted by atomic mass is 16.6. The van der Waals surface area contributed by atoms with E-state index in [1.807, 2.05) is 65.6 Å². The van der Waals surface area contributed by atoms with Crippen LogP contribution in [0.25, 0.3) is 0 Å². The van der Waals surface area contributed by atoms with Gasteiger partial charge in [0.25, 0.3) is 5.69 Å². The number of aliphatic hydroxyl groups is 2. The van der Waals surface area contributed by atoms with E-state index in [1.54, 1.807) is 36.4 Å². The van der Waals surface area contributed by atoms with Crippen molar-refractivity contribution in [1.29, 1.82) is 0 Å². The van der Waals surface area contributed by atoms with Crippen molar-refractivity contribution in [3.63, 3.8) is 0 Å². The molecule has 8 rings (SSSR count). The van der Waals surface area contributed by atoms with E-state index in [4.69, 9.17) is 19.9 Å². The highest BCUT2D eigenvalue weighted by Crippen LogP contribution is 2.65. The highest BCUT2D eigenvalue weighted by Gasteiger charge is 2.75. The number of fused-ring (bicyclic) bond motifs is 3. The molecule has 3 amide bonds. The molecule has 0 unspecified atom stereocenters. The van der Waals surface area contributed by atoms with E-state index in [0.29, 0.717) is 33.6 Å². The lowest BCUT2D eigenvalue weighted by molar-refractivity contribution is -0.384. The van der Waals surface area contributed by atoms with Crippen LogP contribution >= 0.6 is 0 Å². The summed E-state index contributed by atoms with van der Waals surface area (Å²) < 4.78 is 17.8. The number of carbonyl (C=O) groups excluding carboxylic acids is 4. The second-order valence-electron chi connectivity index (χ2n) is 14.9. The molecule has 5 aromatic rings. The fraction of sp³-hybridized carbons (Fsp3) is 0.234. The van der Waals surface area contributed by atoms with E-state index in [9.17, 15) is 34.7 Å². The number of rotatable bonds is 11. The molecule has 4 N–H and O–H groups in total. The summed E-state index contributed by atoms with van der Waals surface area (Å²) in [6.07, 6.45) is -1.93. The monoisotopic (exact) mass is 836 g/mol. The van der Waals surface area contributed by atoms with Crippen LogP contribution in [0.4, 0.5) is 16.2 Å². The number of hydrogen-bond acceptors (Lipinski definition) is 12. The van der Waals surface area contributed by atoms with Crippen LogP contribution in [-0.4, -0.2) is 69.8 Å². The Bertz CT molecular complexity index is 2580. The van der Waals surface area contributed by atoms with Gasteiger partial charge in [-0.2, -0.15) is 0 Å². The molecular formula is C47H40N4O11. The van der Waals surface area contributed by atoms with Crippen molar-refractivity contribution in [2.24, 2.45) is 11.7 Å². The first-order valence-electron chi connectivity index (χ1n) is 19.8. The molecule has 5 aromatic carbocycles. The molecule has 3 heterocycles. The van der Waals surface area contributed by atoms with Gasteiger partial charge in [-0.25, -0.2) is 9.69 Å². The van der Waals surface area contributed by atoms with Crippen LogP contribution in [0.1, 0.15) is 58.0 Å². The molecule has 6 atom stereocenters. The highest BCUT2D eigenvalue weighted by molar-refractivity contribution is 6.23.